The molecule has 0 unspecified atom stereocenters. The number of hydrogen-bond donors (Lipinski definition) is 0. The van der Waals surface area contributed by atoms with Crippen molar-refractivity contribution >= 4 is 11.9 Å². The molecule has 0 heterocycles. The first-order chi connectivity index (χ1) is 5.49. The van der Waals surface area contributed by atoms with Gasteiger partial charge in [0.2, 0.25) is 5.76 Å². The highest BCUT2D eigenvalue weighted by Gasteiger charge is 2.15. The summed E-state index contributed by atoms with van der Waals surface area (Å²) in [6.07, 6.45) is 0. The van der Waals surface area contributed by atoms with Crippen molar-refractivity contribution in [1.82, 2.24) is 0 Å². The van der Waals surface area contributed by atoms with Crippen LogP contribution in [0.3, 0.4) is 0 Å². The standard InChI is InChI=1S/C8H12O4/c1-5(2)7(9)12-6(3)8(10)11-4/h5H,3H2,1-2,4H3. The third kappa shape index (κ3) is 3.18. The number of carbonyl (C=O) groups is 2. The maximum atomic E-state index is 10.9. The van der Waals surface area contributed by atoms with Gasteiger partial charge in [-0.05, 0) is 6.58 Å². The molecule has 0 aromatic rings. The SMILES string of the molecule is C=C(OC(=O)C(C)C)C(=O)OC. The van der Waals surface area contributed by atoms with Gasteiger partial charge in [0.05, 0.1) is 13.0 Å². The minimum atomic E-state index is -0.732. The largest absolute Gasteiger partial charge is 0.463 e. The van der Waals surface area contributed by atoms with Gasteiger partial charge in [-0.3, -0.25) is 4.79 Å². The van der Waals surface area contributed by atoms with Gasteiger partial charge >= 0.3 is 11.9 Å². The first-order valence-electron chi connectivity index (χ1n) is 3.48. The molecule has 0 aliphatic heterocycles. The fourth-order valence-electron chi connectivity index (χ4n) is 0.395. The van der Waals surface area contributed by atoms with Gasteiger partial charge < -0.3 is 9.47 Å². The zero-order valence-corrected chi connectivity index (χ0v) is 7.42. The van der Waals surface area contributed by atoms with E-state index in [2.05, 4.69) is 16.1 Å². The molecule has 0 saturated carbocycles. The third-order valence-corrected chi connectivity index (χ3v) is 1.11. The second kappa shape index (κ2) is 4.54. The summed E-state index contributed by atoms with van der Waals surface area (Å²) in [5.74, 6) is -1.79. The third-order valence-electron chi connectivity index (χ3n) is 1.11. The lowest BCUT2D eigenvalue weighted by Gasteiger charge is -2.06. The number of rotatable bonds is 3. The zero-order chi connectivity index (χ0) is 9.72. The normalized spacial score (nSPS) is 9.33. The van der Waals surface area contributed by atoms with Gasteiger partial charge in [0.15, 0.2) is 0 Å². The average molecular weight is 172 g/mol. The van der Waals surface area contributed by atoms with Crippen LogP contribution >= 0.6 is 0 Å². The minimum Gasteiger partial charge on any atom is -0.463 e. The molecule has 0 radical (unpaired) electrons. The van der Waals surface area contributed by atoms with E-state index >= 15 is 0 Å². The Morgan fingerprint density at radius 2 is 1.83 bits per heavy atom. The van der Waals surface area contributed by atoms with Gasteiger partial charge in [0.1, 0.15) is 0 Å². The number of carbonyl (C=O) groups excluding carboxylic acids is 2. The van der Waals surface area contributed by atoms with Crippen LogP contribution in [0.15, 0.2) is 12.3 Å². The van der Waals surface area contributed by atoms with E-state index in [0.29, 0.717) is 0 Å². The summed E-state index contributed by atoms with van der Waals surface area (Å²) in [4.78, 5) is 21.6. The number of esters is 2. The second-order valence-corrected chi connectivity index (χ2v) is 2.49. The van der Waals surface area contributed by atoms with Crippen molar-refractivity contribution in [3.63, 3.8) is 0 Å². The quantitative estimate of drug-likeness (QED) is 0.360. The van der Waals surface area contributed by atoms with Crippen LogP contribution in [-0.4, -0.2) is 19.0 Å². The Hall–Kier alpha value is -1.32. The molecule has 0 fully saturated rings. The van der Waals surface area contributed by atoms with E-state index in [-0.39, 0.29) is 11.7 Å². The van der Waals surface area contributed by atoms with Crippen LogP contribution in [-0.2, 0) is 19.1 Å². The van der Waals surface area contributed by atoms with Crippen LogP contribution in [0.25, 0.3) is 0 Å². The first-order valence-corrected chi connectivity index (χ1v) is 3.48. The topological polar surface area (TPSA) is 52.6 Å². The molecule has 0 N–H and O–H groups in total. The van der Waals surface area contributed by atoms with E-state index < -0.39 is 11.9 Å². The average Bonchev–Trinajstić information content (AvgIpc) is 2.02. The Bertz CT molecular complexity index is 205. The van der Waals surface area contributed by atoms with Crippen molar-refractivity contribution in [2.24, 2.45) is 5.92 Å². The van der Waals surface area contributed by atoms with Crippen molar-refractivity contribution < 1.29 is 19.1 Å². The molecule has 0 aliphatic carbocycles. The molecule has 68 valence electrons. The predicted octanol–water partition coefficient (Wildman–Crippen LogP) is 0.872. The van der Waals surface area contributed by atoms with E-state index in [4.69, 9.17) is 0 Å². The van der Waals surface area contributed by atoms with E-state index in [1.54, 1.807) is 13.8 Å². The molecule has 0 saturated heterocycles. The van der Waals surface area contributed by atoms with Crippen LogP contribution in [0.1, 0.15) is 13.8 Å². The zero-order valence-electron chi connectivity index (χ0n) is 7.42. The summed E-state index contributed by atoms with van der Waals surface area (Å²) in [6, 6.07) is 0. The van der Waals surface area contributed by atoms with Crippen LogP contribution < -0.4 is 0 Å². The van der Waals surface area contributed by atoms with Crippen LogP contribution in [0, 0.1) is 5.92 Å². The summed E-state index contributed by atoms with van der Waals surface area (Å²) in [5.41, 5.74) is 0. The highest BCUT2D eigenvalue weighted by Crippen LogP contribution is 2.02. The van der Waals surface area contributed by atoms with E-state index in [9.17, 15) is 9.59 Å². The van der Waals surface area contributed by atoms with Crippen LogP contribution in [0.2, 0.25) is 0 Å². The second-order valence-electron chi connectivity index (χ2n) is 2.49. The Balaban J connectivity index is 4.02. The molecule has 0 amide bonds. The van der Waals surface area contributed by atoms with E-state index in [0.717, 1.165) is 0 Å². The predicted molar refractivity (Wildman–Crippen MR) is 42.1 cm³/mol. The Kier molecular flexibility index (Phi) is 4.04. The minimum absolute atomic E-state index is 0.281. The lowest BCUT2D eigenvalue weighted by atomic mass is 10.2. The summed E-state index contributed by atoms with van der Waals surface area (Å²) in [5, 5.41) is 0. The Morgan fingerprint density at radius 3 is 2.17 bits per heavy atom. The maximum absolute atomic E-state index is 10.9. The first kappa shape index (κ1) is 10.7. The number of ether oxygens (including phenoxy) is 2. The van der Waals surface area contributed by atoms with E-state index in [1.165, 1.54) is 7.11 Å². The lowest BCUT2D eigenvalue weighted by molar-refractivity contribution is -0.151. The van der Waals surface area contributed by atoms with Gasteiger partial charge in [-0.2, -0.15) is 0 Å². The molecule has 0 atom stereocenters. The van der Waals surface area contributed by atoms with Crippen molar-refractivity contribution in [3.8, 4) is 0 Å². The fourth-order valence-corrected chi connectivity index (χ4v) is 0.395. The van der Waals surface area contributed by atoms with Gasteiger partial charge in [-0.1, -0.05) is 13.8 Å². The van der Waals surface area contributed by atoms with Crippen molar-refractivity contribution in [2.45, 2.75) is 13.8 Å². The summed E-state index contributed by atoms with van der Waals surface area (Å²) in [6.45, 7) is 6.55. The molecule has 0 spiro atoms. The molecule has 0 aromatic heterocycles. The van der Waals surface area contributed by atoms with Gasteiger partial charge in [0.25, 0.3) is 0 Å². The van der Waals surface area contributed by atoms with Gasteiger partial charge in [-0.25, -0.2) is 4.79 Å². The van der Waals surface area contributed by atoms with Crippen molar-refractivity contribution in [3.05, 3.63) is 12.3 Å². The Morgan fingerprint density at radius 1 is 1.33 bits per heavy atom. The lowest BCUT2D eigenvalue weighted by Crippen LogP contribution is -2.16. The highest BCUT2D eigenvalue weighted by atomic mass is 16.6. The van der Waals surface area contributed by atoms with E-state index in [1.807, 2.05) is 0 Å². The fraction of sp³-hybridized carbons (Fsp3) is 0.500. The summed E-state index contributed by atoms with van der Waals surface area (Å²) < 4.78 is 8.83. The summed E-state index contributed by atoms with van der Waals surface area (Å²) in [7, 11) is 1.19. The van der Waals surface area contributed by atoms with Crippen LogP contribution in [0.4, 0.5) is 0 Å². The maximum Gasteiger partial charge on any atom is 0.373 e. The highest BCUT2D eigenvalue weighted by molar-refractivity contribution is 5.89. The molecule has 12 heavy (non-hydrogen) atoms. The smallest absolute Gasteiger partial charge is 0.373 e. The van der Waals surface area contributed by atoms with Gasteiger partial charge in [-0.15, -0.1) is 0 Å². The van der Waals surface area contributed by atoms with Crippen molar-refractivity contribution in [1.29, 1.82) is 0 Å². The number of methoxy groups -OCH3 is 1. The van der Waals surface area contributed by atoms with Gasteiger partial charge in [0, 0.05) is 0 Å². The molecule has 4 nitrogen and oxygen atoms in total. The molecule has 0 aromatic carbocycles. The number of hydrogen-bond acceptors (Lipinski definition) is 4. The molecule has 0 bridgehead atoms. The van der Waals surface area contributed by atoms with Crippen molar-refractivity contribution in [2.75, 3.05) is 7.11 Å². The molecule has 0 aliphatic rings. The monoisotopic (exact) mass is 172 g/mol. The molecular weight excluding hydrogens is 160 g/mol. The van der Waals surface area contributed by atoms with Crippen LogP contribution in [0.5, 0.6) is 0 Å². The Labute approximate surface area is 71.2 Å². The summed E-state index contributed by atoms with van der Waals surface area (Å²) >= 11 is 0. The molecule has 0 rings (SSSR count). The molecule has 4 heteroatoms. The molecular formula is C8H12O4.